The van der Waals surface area contributed by atoms with Crippen molar-refractivity contribution in [2.75, 3.05) is 0 Å². The minimum absolute atomic E-state index is 0.342. The third-order valence-corrected chi connectivity index (χ3v) is 2.70. The monoisotopic (exact) mass is 222 g/mol. The molecular weight excluding hydrogens is 212 g/mol. The Hall–Kier alpha value is -1.32. The number of para-hydroxylation sites is 1. The molecule has 0 unspecified atom stereocenters. The number of hydrogen-bond donors (Lipinski definition) is 2. The van der Waals surface area contributed by atoms with Crippen molar-refractivity contribution in [2.24, 2.45) is 0 Å². The second-order valence-electron chi connectivity index (χ2n) is 3.42. The van der Waals surface area contributed by atoms with E-state index in [9.17, 15) is 4.79 Å². The third-order valence-electron chi connectivity index (χ3n) is 2.42. The van der Waals surface area contributed by atoms with Crippen molar-refractivity contribution in [3.05, 3.63) is 36.0 Å². The minimum Gasteiger partial charge on any atom is -0.361 e. The second-order valence-corrected chi connectivity index (χ2v) is 3.63. The molecule has 2 N–H and O–H groups in total. The molecule has 0 saturated heterocycles. The summed E-state index contributed by atoms with van der Waals surface area (Å²) in [7, 11) is 0. The number of aldehydes is 1. The number of hydrogen-bond acceptors (Lipinski definition) is 2. The smallest absolute Gasteiger partial charge is 0.138 e. The number of halogens is 1. The van der Waals surface area contributed by atoms with Crippen LogP contribution in [0.1, 0.15) is 5.56 Å². The van der Waals surface area contributed by atoms with E-state index in [1.807, 2.05) is 30.5 Å². The highest BCUT2D eigenvalue weighted by molar-refractivity contribution is 6.14. The van der Waals surface area contributed by atoms with Gasteiger partial charge in [0, 0.05) is 17.1 Å². The maximum atomic E-state index is 10.6. The SMILES string of the molecule is O=C[C@H](Cc1c[nH]c2ccccc12)NCl. The van der Waals surface area contributed by atoms with E-state index >= 15 is 0 Å². The molecule has 0 aliphatic heterocycles. The van der Waals surface area contributed by atoms with Crippen LogP contribution in [0.5, 0.6) is 0 Å². The van der Waals surface area contributed by atoms with Crippen molar-refractivity contribution in [2.45, 2.75) is 12.5 Å². The number of rotatable bonds is 4. The van der Waals surface area contributed by atoms with Gasteiger partial charge in [0.25, 0.3) is 0 Å². The van der Waals surface area contributed by atoms with Gasteiger partial charge in [-0.25, -0.2) is 4.84 Å². The van der Waals surface area contributed by atoms with Gasteiger partial charge in [-0.1, -0.05) is 18.2 Å². The van der Waals surface area contributed by atoms with Gasteiger partial charge in [-0.3, -0.25) is 0 Å². The summed E-state index contributed by atoms with van der Waals surface area (Å²) in [4.78, 5) is 16.2. The maximum absolute atomic E-state index is 10.6. The van der Waals surface area contributed by atoms with Gasteiger partial charge in [0.1, 0.15) is 6.29 Å². The fourth-order valence-electron chi connectivity index (χ4n) is 1.65. The molecule has 1 atom stereocenters. The Bertz CT molecular complexity index is 466. The fourth-order valence-corrected chi connectivity index (χ4v) is 1.78. The lowest BCUT2D eigenvalue weighted by Gasteiger charge is -2.05. The summed E-state index contributed by atoms with van der Waals surface area (Å²) >= 11 is 5.44. The lowest BCUT2D eigenvalue weighted by atomic mass is 10.1. The van der Waals surface area contributed by atoms with E-state index in [4.69, 9.17) is 11.8 Å². The standard InChI is InChI=1S/C11H11ClN2O/c12-14-9(7-15)5-8-6-13-11-4-2-1-3-10(8)11/h1-4,6-7,9,13-14H,5H2/t9-/m0/s1. The van der Waals surface area contributed by atoms with Gasteiger partial charge in [0.2, 0.25) is 0 Å². The van der Waals surface area contributed by atoms with Crippen LogP contribution >= 0.6 is 11.8 Å². The van der Waals surface area contributed by atoms with Crippen molar-refractivity contribution >= 4 is 29.0 Å². The number of aromatic amines is 1. The average Bonchev–Trinajstić information content (AvgIpc) is 2.69. The molecule has 2 rings (SSSR count). The highest BCUT2D eigenvalue weighted by atomic mass is 35.5. The van der Waals surface area contributed by atoms with Crippen LogP contribution < -0.4 is 4.84 Å². The zero-order chi connectivity index (χ0) is 10.7. The molecule has 1 heterocycles. The number of nitrogens with one attached hydrogen (secondary N) is 2. The molecule has 0 spiro atoms. The fraction of sp³-hybridized carbons (Fsp3) is 0.182. The molecule has 15 heavy (non-hydrogen) atoms. The molecule has 0 aliphatic rings. The minimum atomic E-state index is -0.342. The summed E-state index contributed by atoms with van der Waals surface area (Å²) in [5, 5.41) is 1.14. The number of fused-ring (bicyclic) bond motifs is 1. The summed E-state index contributed by atoms with van der Waals surface area (Å²) in [6.45, 7) is 0. The second kappa shape index (κ2) is 4.47. The highest BCUT2D eigenvalue weighted by Crippen LogP contribution is 2.18. The number of carbonyl (C=O) groups is 1. The van der Waals surface area contributed by atoms with Gasteiger partial charge in [-0.05, 0) is 29.8 Å². The Morgan fingerprint density at radius 1 is 1.47 bits per heavy atom. The first-order chi connectivity index (χ1) is 7.35. The predicted molar refractivity (Wildman–Crippen MR) is 60.8 cm³/mol. The van der Waals surface area contributed by atoms with Crippen LogP contribution in [0.2, 0.25) is 0 Å². The molecule has 1 aromatic heterocycles. The molecule has 0 amide bonds. The van der Waals surface area contributed by atoms with Crippen LogP contribution in [-0.2, 0) is 11.2 Å². The van der Waals surface area contributed by atoms with Gasteiger partial charge in [-0.2, -0.15) is 0 Å². The quantitative estimate of drug-likeness (QED) is 0.614. The molecule has 3 nitrogen and oxygen atoms in total. The first kappa shape index (κ1) is 10.2. The lowest BCUT2D eigenvalue weighted by Crippen LogP contribution is -2.24. The molecular formula is C11H11ClN2O. The van der Waals surface area contributed by atoms with E-state index in [-0.39, 0.29) is 6.04 Å². The van der Waals surface area contributed by atoms with Crippen LogP contribution in [0.25, 0.3) is 10.9 Å². The molecule has 1 aromatic carbocycles. The molecule has 0 radical (unpaired) electrons. The summed E-state index contributed by atoms with van der Waals surface area (Å²) in [5.41, 5.74) is 2.17. The maximum Gasteiger partial charge on any atom is 0.138 e. The van der Waals surface area contributed by atoms with E-state index in [0.29, 0.717) is 6.42 Å². The van der Waals surface area contributed by atoms with E-state index < -0.39 is 0 Å². The van der Waals surface area contributed by atoms with Gasteiger partial charge in [-0.15, -0.1) is 0 Å². The molecule has 4 heteroatoms. The number of benzene rings is 1. The summed E-state index contributed by atoms with van der Waals surface area (Å²) < 4.78 is 0. The molecule has 0 aliphatic carbocycles. The molecule has 78 valence electrons. The first-order valence-electron chi connectivity index (χ1n) is 4.71. The predicted octanol–water partition coefficient (Wildman–Crippen LogP) is 2.02. The molecule has 2 aromatic rings. The summed E-state index contributed by atoms with van der Waals surface area (Å²) in [6.07, 6.45) is 3.32. The summed E-state index contributed by atoms with van der Waals surface area (Å²) in [6, 6.07) is 7.63. The highest BCUT2D eigenvalue weighted by Gasteiger charge is 2.09. The molecule has 0 bridgehead atoms. The van der Waals surface area contributed by atoms with E-state index in [2.05, 4.69) is 9.82 Å². The van der Waals surface area contributed by atoms with E-state index in [1.165, 1.54) is 0 Å². The van der Waals surface area contributed by atoms with Crippen molar-refractivity contribution in [3.63, 3.8) is 0 Å². The van der Waals surface area contributed by atoms with E-state index in [0.717, 1.165) is 22.8 Å². The average molecular weight is 223 g/mol. The Labute approximate surface area is 92.5 Å². The Morgan fingerprint density at radius 2 is 2.27 bits per heavy atom. The Kier molecular flexibility index (Phi) is 3.04. The van der Waals surface area contributed by atoms with Crippen LogP contribution in [0.4, 0.5) is 0 Å². The number of carbonyl (C=O) groups excluding carboxylic acids is 1. The van der Waals surface area contributed by atoms with Gasteiger partial charge in [0.15, 0.2) is 0 Å². The van der Waals surface area contributed by atoms with Crippen LogP contribution in [0.3, 0.4) is 0 Å². The third kappa shape index (κ3) is 2.03. The van der Waals surface area contributed by atoms with Crippen molar-refractivity contribution in [1.29, 1.82) is 0 Å². The zero-order valence-corrected chi connectivity index (χ0v) is 8.79. The first-order valence-corrected chi connectivity index (χ1v) is 5.09. The van der Waals surface area contributed by atoms with Crippen molar-refractivity contribution in [3.8, 4) is 0 Å². The largest absolute Gasteiger partial charge is 0.361 e. The van der Waals surface area contributed by atoms with Crippen molar-refractivity contribution < 1.29 is 4.79 Å². The van der Waals surface area contributed by atoms with Crippen LogP contribution in [-0.4, -0.2) is 17.3 Å². The van der Waals surface area contributed by atoms with Crippen molar-refractivity contribution in [1.82, 2.24) is 9.82 Å². The van der Waals surface area contributed by atoms with Crippen LogP contribution in [0, 0.1) is 0 Å². The van der Waals surface area contributed by atoms with Crippen LogP contribution in [0.15, 0.2) is 30.5 Å². The lowest BCUT2D eigenvalue weighted by molar-refractivity contribution is -0.109. The summed E-state index contributed by atoms with van der Waals surface area (Å²) in [5.74, 6) is 0. The molecule has 0 fully saturated rings. The number of H-pyrrole nitrogens is 1. The van der Waals surface area contributed by atoms with E-state index in [1.54, 1.807) is 0 Å². The van der Waals surface area contributed by atoms with Gasteiger partial charge >= 0.3 is 0 Å². The normalized spacial score (nSPS) is 12.9. The Balaban J connectivity index is 2.32. The number of aromatic nitrogens is 1. The van der Waals surface area contributed by atoms with Gasteiger partial charge < -0.3 is 9.78 Å². The zero-order valence-electron chi connectivity index (χ0n) is 8.03. The topological polar surface area (TPSA) is 44.9 Å². The van der Waals surface area contributed by atoms with Gasteiger partial charge in [0.05, 0.1) is 6.04 Å². The Morgan fingerprint density at radius 3 is 3.00 bits per heavy atom. The molecule has 0 saturated carbocycles.